The van der Waals surface area contributed by atoms with Crippen molar-refractivity contribution in [3.05, 3.63) is 99.3 Å². The Morgan fingerprint density at radius 2 is 1.67 bits per heavy atom. The van der Waals surface area contributed by atoms with E-state index in [1.165, 1.54) is 30.2 Å². The first kappa shape index (κ1) is 23.2. The van der Waals surface area contributed by atoms with Crippen LogP contribution in [0.15, 0.2) is 66.7 Å². The molecule has 0 radical (unpaired) electrons. The Hall–Kier alpha value is -3.00. The summed E-state index contributed by atoms with van der Waals surface area (Å²) in [5, 5.41) is 3.95. The van der Waals surface area contributed by atoms with Gasteiger partial charge in [-0.25, -0.2) is 9.18 Å². The third-order valence-electron chi connectivity index (χ3n) is 5.31. The molecule has 0 saturated carbocycles. The van der Waals surface area contributed by atoms with E-state index in [1.807, 2.05) is 0 Å². The first-order valence-corrected chi connectivity index (χ1v) is 11.0. The van der Waals surface area contributed by atoms with E-state index < -0.39 is 29.8 Å². The number of amides is 1. The number of nitrogens with zero attached hydrogens (tertiary/aromatic N) is 1. The van der Waals surface area contributed by atoms with E-state index in [0.29, 0.717) is 21.2 Å². The van der Waals surface area contributed by atoms with Crippen LogP contribution in [0.3, 0.4) is 0 Å². The smallest absolute Gasteiger partial charge is 0.333 e. The van der Waals surface area contributed by atoms with Gasteiger partial charge in [-0.2, -0.15) is 0 Å². The molecule has 33 heavy (non-hydrogen) atoms. The maximum Gasteiger partial charge on any atom is 0.333 e. The Morgan fingerprint density at radius 1 is 1.06 bits per heavy atom. The predicted molar refractivity (Wildman–Crippen MR) is 129 cm³/mol. The van der Waals surface area contributed by atoms with Crippen molar-refractivity contribution in [3.63, 3.8) is 0 Å². The number of methoxy groups -OCH3 is 1. The number of rotatable bonds is 4. The molecule has 0 aromatic heterocycles. The Balaban J connectivity index is 1.96. The number of hydrogen-bond donors (Lipinski definition) is 1. The number of fused-ring (bicyclic) bond motifs is 1. The van der Waals surface area contributed by atoms with Gasteiger partial charge in [-0.1, -0.05) is 59.7 Å². The summed E-state index contributed by atoms with van der Waals surface area (Å²) in [7, 11) is 1.24. The van der Waals surface area contributed by atoms with Crippen molar-refractivity contribution >= 4 is 58.0 Å². The molecule has 1 amide bonds. The van der Waals surface area contributed by atoms with Crippen LogP contribution in [0.25, 0.3) is 0 Å². The summed E-state index contributed by atoms with van der Waals surface area (Å²) < 4.78 is 19.1. The van der Waals surface area contributed by atoms with Gasteiger partial charge in [0.2, 0.25) is 0 Å². The van der Waals surface area contributed by atoms with Crippen LogP contribution in [-0.2, 0) is 9.53 Å². The second kappa shape index (κ2) is 9.47. The molecular weight excluding hydrogens is 486 g/mol. The number of ether oxygens (including phenoxy) is 1. The second-order valence-electron chi connectivity index (χ2n) is 7.32. The largest absolute Gasteiger partial charge is 0.467 e. The fraction of sp³-hybridized carbons (Fsp3) is 0.125. The summed E-state index contributed by atoms with van der Waals surface area (Å²) in [6.07, 6.45) is 0. The summed E-state index contributed by atoms with van der Waals surface area (Å²) >= 11 is 17.8. The van der Waals surface area contributed by atoms with Crippen molar-refractivity contribution in [2.24, 2.45) is 0 Å². The lowest BCUT2D eigenvalue weighted by Crippen LogP contribution is -2.44. The van der Waals surface area contributed by atoms with Crippen LogP contribution in [0.4, 0.5) is 10.1 Å². The maximum absolute atomic E-state index is 14.0. The van der Waals surface area contributed by atoms with Crippen LogP contribution in [0.1, 0.15) is 33.6 Å². The van der Waals surface area contributed by atoms with Gasteiger partial charge in [0, 0.05) is 10.0 Å². The first-order chi connectivity index (χ1) is 15.8. The summed E-state index contributed by atoms with van der Waals surface area (Å²) in [5.74, 6) is -1.73. The molecule has 3 aromatic rings. The molecule has 2 atom stereocenters. The van der Waals surface area contributed by atoms with E-state index >= 15 is 0 Å². The van der Waals surface area contributed by atoms with Crippen molar-refractivity contribution in [1.82, 2.24) is 4.90 Å². The molecular formula is C24H17Cl2FN2O3S. The van der Waals surface area contributed by atoms with Gasteiger partial charge >= 0.3 is 5.97 Å². The minimum atomic E-state index is -1.16. The van der Waals surface area contributed by atoms with E-state index in [4.69, 9.17) is 40.2 Å². The van der Waals surface area contributed by atoms with Gasteiger partial charge in [-0.05, 0) is 53.6 Å². The molecule has 9 heteroatoms. The molecule has 1 heterocycles. The van der Waals surface area contributed by atoms with E-state index in [1.54, 1.807) is 48.5 Å². The number of esters is 1. The number of carbonyl (C=O) groups is 2. The third-order valence-corrected chi connectivity index (χ3v) is 6.13. The van der Waals surface area contributed by atoms with Crippen molar-refractivity contribution in [2.75, 3.05) is 12.4 Å². The van der Waals surface area contributed by atoms with E-state index in [9.17, 15) is 14.0 Å². The standard InChI is InChI=1S/C24H17Cl2FN2O3S/c1-32-24(31)21(14-4-8-16(26)9-5-14)29-20(13-2-6-15(25)7-3-13)22(33)28-19-12-17(27)10-11-18(19)23(29)30/h2-12,20-21H,1H3,(H,28,33). The number of thiocarbonyl (C=S) groups is 1. The summed E-state index contributed by atoms with van der Waals surface area (Å²) in [4.78, 5) is 28.5. The van der Waals surface area contributed by atoms with Crippen molar-refractivity contribution < 1.29 is 18.7 Å². The number of nitrogens with one attached hydrogen (secondary N) is 1. The van der Waals surface area contributed by atoms with Gasteiger partial charge in [0.05, 0.1) is 18.4 Å². The summed E-state index contributed by atoms with van der Waals surface area (Å²) in [6, 6.07) is 15.0. The number of carbonyl (C=O) groups excluding carboxylic acids is 2. The van der Waals surface area contributed by atoms with Crippen LogP contribution in [0.2, 0.25) is 10.0 Å². The maximum atomic E-state index is 14.0. The van der Waals surface area contributed by atoms with Crippen LogP contribution in [0.5, 0.6) is 0 Å². The minimum absolute atomic E-state index is 0.165. The number of halogens is 3. The molecule has 0 aliphatic carbocycles. The molecule has 0 bridgehead atoms. The second-order valence-corrected chi connectivity index (χ2v) is 8.64. The Kier molecular flexibility index (Phi) is 6.65. The van der Waals surface area contributed by atoms with E-state index in [0.717, 1.165) is 0 Å². The van der Waals surface area contributed by atoms with E-state index in [2.05, 4.69) is 5.32 Å². The molecule has 1 N–H and O–H groups in total. The zero-order valence-electron chi connectivity index (χ0n) is 17.2. The molecule has 168 valence electrons. The number of hydrogen-bond acceptors (Lipinski definition) is 4. The molecule has 0 saturated heterocycles. The van der Waals surface area contributed by atoms with Crippen LogP contribution in [-0.4, -0.2) is 28.9 Å². The molecule has 1 aliphatic heterocycles. The highest BCUT2D eigenvalue weighted by Gasteiger charge is 2.42. The zero-order chi connectivity index (χ0) is 23.7. The van der Waals surface area contributed by atoms with E-state index in [-0.39, 0.29) is 16.2 Å². The minimum Gasteiger partial charge on any atom is -0.467 e. The van der Waals surface area contributed by atoms with Gasteiger partial charge in [-0.15, -0.1) is 0 Å². The fourth-order valence-electron chi connectivity index (χ4n) is 3.78. The SMILES string of the molecule is COC(=O)C(c1ccc(Cl)cc1)N1C(=O)c2ccc(F)cc2NC(=S)C1c1ccc(Cl)cc1. The van der Waals surface area contributed by atoms with Crippen LogP contribution < -0.4 is 5.32 Å². The average Bonchev–Trinajstić information content (AvgIpc) is 2.89. The van der Waals surface area contributed by atoms with Gasteiger partial charge < -0.3 is 15.0 Å². The predicted octanol–water partition coefficient (Wildman–Crippen LogP) is 5.98. The zero-order valence-corrected chi connectivity index (χ0v) is 19.5. The monoisotopic (exact) mass is 502 g/mol. The molecule has 3 aromatic carbocycles. The Morgan fingerprint density at radius 3 is 2.27 bits per heavy atom. The summed E-state index contributed by atoms with van der Waals surface area (Å²) in [6.45, 7) is 0. The van der Waals surface area contributed by atoms with Crippen LogP contribution >= 0.6 is 35.4 Å². The van der Waals surface area contributed by atoms with Crippen molar-refractivity contribution in [2.45, 2.75) is 12.1 Å². The molecule has 5 nitrogen and oxygen atoms in total. The van der Waals surface area contributed by atoms with Crippen molar-refractivity contribution in [3.8, 4) is 0 Å². The highest BCUT2D eigenvalue weighted by atomic mass is 35.5. The van der Waals surface area contributed by atoms with Crippen LogP contribution in [0, 0.1) is 5.82 Å². The van der Waals surface area contributed by atoms with Gasteiger partial charge in [-0.3, -0.25) is 4.79 Å². The van der Waals surface area contributed by atoms with Gasteiger partial charge in [0.1, 0.15) is 16.8 Å². The highest BCUT2D eigenvalue weighted by molar-refractivity contribution is 7.80. The highest BCUT2D eigenvalue weighted by Crippen LogP contribution is 2.39. The number of anilines is 1. The Bertz CT molecular complexity index is 1240. The normalized spacial score (nSPS) is 16.5. The molecule has 2 unspecified atom stereocenters. The van der Waals surface area contributed by atoms with Gasteiger partial charge in [0.25, 0.3) is 5.91 Å². The first-order valence-electron chi connectivity index (χ1n) is 9.82. The van der Waals surface area contributed by atoms with Gasteiger partial charge in [0.15, 0.2) is 6.04 Å². The van der Waals surface area contributed by atoms with Crippen molar-refractivity contribution in [1.29, 1.82) is 0 Å². The molecule has 0 spiro atoms. The molecule has 1 aliphatic rings. The topological polar surface area (TPSA) is 58.6 Å². The lowest BCUT2D eigenvalue weighted by molar-refractivity contribution is -0.146. The lowest BCUT2D eigenvalue weighted by Gasteiger charge is -2.36. The molecule has 4 rings (SSSR count). The summed E-state index contributed by atoms with van der Waals surface area (Å²) in [5.41, 5.74) is 1.47. The average molecular weight is 503 g/mol. The molecule has 0 fully saturated rings. The fourth-order valence-corrected chi connectivity index (χ4v) is 4.39. The third kappa shape index (κ3) is 4.57. The quantitative estimate of drug-likeness (QED) is 0.351. The lowest BCUT2D eigenvalue weighted by atomic mass is 9.98. The number of benzene rings is 3. The Labute approximate surface area is 205 Å².